The summed E-state index contributed by atoms with van der Waals surface area (Å²) in [5.74, 6) is -0.213. The number of hydrogen-bond donors (Lipinski definition) is 1. The fourth-order valence-electron chi connectivity index (χ4n) is 1.83. The Kier molecular flexibility index (Phi) is 6.39. The van der Waals surface area contributed by atoms with Gasteiger partial charge in [-0.1, -0.05) is 12.0 Å². The SMILES string of the molecule is CCN1CCN(CCNC(=O)CN=[N+]=[N-])CC1. The molecule has 7 heteroatoms. The Morgan fingerprint density at radius 3 is 2.59 bits per heavy atom. The van der Waals surface area contributed by atoms with Crippen molar-refractivity contribution in [2.24, 2.45) is 5.11 Å². The van der Waals surface area contributed by atoms with E-state index in [1.54, 1.807) is 0 Å². The highest BCUT2D eigenvalue weighted by molar-refractivity contribution is 5.78. The number of nitrogens with one attached hydrogen (secondary N) is 1. The van der Waals surface area contributed by atoms with E-state index in [1.807, 2.05) is 0 Å². The summed E-state index contributed by atoms with van der Waals surface area (Å²) in [6, 6.07) is 0. The second-order valence-corrected chi connectivity index (χ2v) is 4.01. The highest BCUT2D eigenvalue weighted by atomic mass is 16.1. The number of nitrogens with zero attached hydrogens (tertiary/aromatic N) is 5. The average molecular weight is 240 g/mol. The van der Waals surface area contributed by atoms with Crippen LogP contribution in [0.5, 0.6) is 0 Å². The van der Waals surface area contributed by atoms with Gasteiger partial charge in [0, 0.05) is 44.2 Å². The van der Waals surface area contributed by atoms with E-state index in [9.17, 15) is 4.79 Å². The molecule has 96 valence electrons. The van der Waals surface area contributed by atoms with Gasteiger partial charge >= 0.3 is 0 Å². The average Bonchev–Trinajstić information content (AvgIpc) is 2.37. The molecular weight excluding hydrogens is 220 g/mol. The third kappa shape index (κ3) is 5.53. The van der Waals surface area contributed by atoms with Crippen LogP contribution in [0.1, 0.15) is 6.92 Å². The fraction of sp³-hybridized carbons (Fsp3) is 0.900. The van der Waals surface area contributed by atoms with Crippen LogP contribution in [0.3, 0.4) is 0 Å². The van der Waals surface area contributed by atoms with Gasteiger partial charge in [0.2, 0.25) is 5.91 Å². The number of carbonyl (C=O) groups excluding carboxylic acids is 1. The largest absolute Gasteiger partial charge is 0.355 e. The number of piperazine rings is 1. The van der Waals surface area contributed by atoms with Gasteiger partial charge in [-0.2, -0.15) is 0 Å². The third-order valence-electron chi connectivity index (χ3n) is 2.94. The molecule has 0 aromatic heterocycles. The van der Waals surface area contributed by atoms with Gasteiger partial charge in [-0.05, 0) is 12.1 Å². The molecule has 1 N–H and O–H groups in total. The molecule has 1 saturated heterocycles. The fourth-order valence-corrected chi connectivity index (χ4v) is 1.83. The van der Waals surface area contributed by atoms with Crippen molar-refractivity contribution in [3.8, 4) is 0 Å². The first-order valence-electron chi connectivity index (χ1n) is 5.98. The molecule has 0 aromatic carbocycles. The summed E-state index contributed by atoms with van der Waals surface area (Å²) < 4.78 is 0. The predicted octanol–water partition coefficient (Wildman–Crippen LogP) is 0.0504. The highest BCUT2D eigenvalue weighted by Crippen LogP contribution is 1.99. The molecule has 1 aliphatic heterocycles. The van der Waals surface area contributed by atoms with Crippen LogP contribution in [0, 0.1) is 0 Å². The first-order chi connectivity index (χ1) is 8.26. The minimum absolute atomic E-state index is 0.111. The molecular formula is C10H20N6O. The molecule has 0 bridgehead atoms. The molecule has 0 unspecified atom stereocenters. The summed E-state index contributed by atoms with van der Waals surface area (Å²) >= 11 is 0. The Morgan fingerprint density at radius 1 is 1.35 bits per heavy atom. The Bertz CT molecular complexity index is 281. The molecule has 1 fully saturated rings. The zero-order chi connectivity index (χ0) is 12.5. The molecule has 1 rings (SSSR count). The number of carbonyl (C=O) groups is 1. The first kappa shape index (κ1) is 13.8. The summed E-state index contributed by atoms with van der Waals surface area (Å²) in [6.07, 6.45) is 0. The minimum Gasteiger partial charge on any atom is -0.355 e. The lowest BCUT2D eigenvalue weighted by Crippen LogP contribution is -2.48. The predicted molar refractivity (Wildman–Crippen MR) is 65.6 cm³/mol. The van der Waals surface area contributed by atoms with E-state index in [0.29, 0.717) is 6.54 Å². The molecule has 1 aliphatic rings. The summed E-state index contributed by atoms with van der Waals surface area (Å²) in [4.78, 5) is 18.4. The van der Waals surface area contributed by atoms with Crippen molar-refractivity contribution >= 4 is 5.91 Å². The lowest BCUT2D eigenvalue weighted by Gasteiger charge is -2.33. The number of azide groups is 1. The van der Waals surface area contributed by atoms with Crippen molar-refractivity contribution in [1.82, 2.24) is 15.1 Å². The molecule has 17 heavy (non-hydrogen) atoms. The Labute approximate surface area is 101 Å². The van der Waals surface area contributed by atoms with Gasteiger partial charge in [-0.25, -0.2) is 0 Å². The van der Waals surface area contributed by atoms with Gasteiger partial charge in [-0.3, -0.25) is 9.69 Å². The monoisotopic (exact) mass is 240 g/mol. The summed E-state index contributed by atoms with van der Waals surface area (Å²) in [5.41, 5.74) is 8.06. The maximum absolute atomic E-state index is 11.1. The summed E-state index contributed by atoms with van der Waals surface area (Å²) in [5, 5.41) is 5.94. The van der Waals surface area contributed by atoms with E-state index in [4.69, 9.17) is 5.53 Å². The van der Waals surface area contributed by atoms with Crippen molar-refractivity contribution in [2.45, 2.75) is 6.92 Å². The van der Waals surface area contributed by atoms with Crippen LogP contribution in [-0.2, 0) is 4.79 Å². The normalized spacial score (nSPS) is 17.5. The number of hydrogen-bond acceptors (Lipinski definition) is 4. The van der Waals surface area contributed by atoms with Crippen LogP contribution in [0.4, 0.5) is 0 Å². The van der Waals surface area contributed by atoms with Crippen LogP contribution in [0.2, 0.25) is 0 Å². The standard InChI is InChI=1S/C10H20N6O/c1-2-15-5-7-16(8-6-15)4-3-12-10(17)9-13-14-11/h2-9H2,1H3,(H,12,17). The van der Waals surface area contributed by atoms with Gasteiger partial charge < -0.3 is 10.2 Å². The summed E-state index contributed by atoms with van der Waals surface area (Å²) in [7, 11) is 0. The van der Waals surface area contributed by atoms with E-state index >= 15 is 0 Å². The molecule has 0 radical (unpaired) electrons. The van der Waals surface area contributed by atoms with Crippen LogP contribution in [0.15, 0.2) is 5.11 Å². The zero-order valence-electron chi connectivity index (χ0n) is 10.3. The van der Waals surface area contributed by atoms with Crippen molar-refractivity contribution < 1.29 is 4.79 Å². The second-order valence-electron chi connectivity index (χ2n) is 4.01. The van der Waals surface area contributed by atoms with E-state index in [1.165, 1.54) is 0 Å². The lowest BCUT2D eigenvalue weighted by atomic mass is 10.3. The van der Waals surface area contributed by atoms with Crippen LogP contribution in [0.25, 0.3) is 10.4 Å². The van der Waals surface area contributed by atoms with Crippen molar-refractivity contribution in [3.63, 3.8) is 0 Å². The first-order valence-corrected chi connectivity index (χ1v) is 5.98. The number of amides is 1. The van der Waals surface area contributed by atoms with E-state index in [-0.39, 0.29) is 12.5 Å². The van der Waals surface area contributed by atoms with Crippen molar-refractivity contribution in [1.29, 1.82) is 0 Å². The Hall–Kier alpha value is -1.30. The summed E-state index contributed by atoms with van der Waals surface area (Å²) in [6.45, 7) is 8.96. The molecule has 7 nitrogen and oxygen atoms in total. The number of likely N-dealkylation sites (N-methyl/N-ethyl adjacent to an activating group) is 1. The lowest BCUT2D eigenvalue weighted by molar-refractivity contribution is -0.119. The van der Waals surface area contributed by atoms with Crippen molar-refractivity contribution in [3.05, 3.63) is 10.4 Å². The van der Waals surface area contributed by atoms with Crippen LogP contribution in [-0.4, -0.2) is 68.1 Å². The van der Waals surface area contributed by atoms with Gasteiger partial charge in [0.25, 0.3) is 0 Å². The smallest absolute Gasteiger partial charge is 0.225 e. The minimum atomic E-state index is -0.213. The zero-order valence-corrected chi connectivity index (χ0v) is 10.3. The Morgan fingerprint density at radius 2 is 2.00 bits per heavy atom. The van der Waals surface area contributed by atoms with Gasteiger partial charge in [0.05, 0.1) is 0 Å². The molecule has 0 saturated carbocycles. The van der Waals surface area contributed by atoms with Crippen LogP contribution < -0.4 is 5.32 Å². The highest BCUT2D eigenvalue weighted by Gasteiger charge is 2.14. The molecule has 0 aliphatic carbocycles. The van der Waals surface area contributed by atoms with Crippen molar-refractivity contribution in [2.75, 3.05) is 52.4 Å². The third-order valence-corrected chi connectivity index (χ3v) is 2.94. The van der Waals surface area contributed by atoms with Gasteiger partial charge in [-0.15, -0.1) is 0 Å². The molecule has 0 aromatic rings. The van der Waals surface area contributed by atoms with E-state index < -0.39 is 0 Å². The topological polar surface area (TPSA) is 84.3 Å². The van der Waals surface area contributed by atoms with Gasteiger partial charge in [0.1, 0.15) is 6.54 Å². The van der Waals surface area contributed by atoms with Crippen LogP contribution >= 0.6 is 0 Å². The second kappa shape index (κ2) is 7.89. The van der Waals surface area contributed by atoms with Gasteiger partial charge in [0.15, 0.2) is 0 Å². The number of rotatable bonds is 6. The van der Waals surface area contributed by atoms with E-state index in [0.717, 1.165) is 39.3 Å². The molecule has 1 heterocycles. The maximum Gasteiger partial charge on any atom is 0.225 e. The van der Waals surface area contributed by atoms with E-state index in [2.05, 4.69) is 32.1 Å². The molecule has 1 amide bonds. The molecule has 0 atom stereocenters. The quantitative estimate of drug-likeness (QED) is 0.404. The molecule has 0 spiro atoms. The maximum atomic E-state index is 11.1. The Balaban J connectivity index is 2.07.